The highest BCUT2D eigenvalue weighted by Crippen LogP contribution is 2.59. The van der Waals surface area contributed by atoms with E-state index in [0.717, 1.165) is 32.6 Å². The van der Waals surface area contributed by atoms with Gasteiger partial charge < -0.3 is 15.1 Å². The highest BCUT2D eigenvalue weighted by molar-refractivity contribution is 5.82. The Morgan fingerprint density at radius 2 is 1.88 bits per heavy atom. The average molecular weight is 239 g/mol. The molecule has 17 heavy (non-hydrogen) atoms. The summed E-state index contributed by atoms with van der Waals surface area (Å²) in [5, 5.41) is 3.38. The summed E-state index contributed by atoms with van der Waals surface area (Å²) >= 11 is 0. The number of piperidine rings is 1. The topological polar surface area (TPSA) is 35.6 Å². The van der Waals surface area contributed by atoms with E-state index in [9.17, 15) is 4.79 Å². The van der Waals surface area contributed by atoms with Crippen molar-refractivity contribution >= 4 is 5.91 Å². The van der Waals surface area contributed by atoms with Gasteiger partial charge in [-0.1, -0.05) is 0 Å². The minimum absolute atomic E-state index is 0.316. The van der Waals surface area contributed by atoms with Crippen molar-refractivity contribution in [1.29, 1.82) is 0 Å². The molecule has 4 nitrogen and oxygen atoms in total. The Bertz CT molecular complexity index is 284. The van der Waals surface area contributed by atoms with Crippen molar-refractivity contribution in [1.82, 2.24) is 15.1 Å². The fourth-order valence-electron chi connectivity index (χ4n) is 2.90. The van der Waals surface area contributed by atoms with Gasteiger partial charge in [0.1, 0.15) is 0 Å². The molecule has 1 aliphatic carbocycles. The maximum absolute atomic E-state index is 12.3. The van der Waals surface area contributed by atoms with Crippen molar-refractivity contribution < 1.29 is 4.79 Å². The third-order valence-corrected chi connectivity index (χ3v) is 4.35. The van der Waals surface area contributed by atoms with Gasteiger partial charge in [-0.3, -0.25) is 4.79 Å². The van der Waals surface area contributed by atoms with Crippen molar-refractivity contribution in [2.75, 3.05) is 47.3 Å². The minimum Gasteiger partial charge on any atom is -0.344 e. The Morgan fingerprint density at radius 1 is 1.24 bits per heavy atom. The number of nitrogens with zero attached hydrogens (tertiary/aromatic N) is 2. The Labute approximate surface area is 104 Å². The summed E-state index contributed by atoms with van der Waals surface area (Å²) in [5.74, 6) is 0.686. The second-order valence-corrected chi connectivity index (χ2v) is 5.93. The van der Waals surface area contributed by atoms with E-state index in [4.69, 9.17) is 0 Å². The van der Waals surface area contributed by atoms with Crippen LogP contribution in [-0.2, 0) is 4.79 Å². The van der Waals surface area contributed by atoms with E-state index in [2.05, 4.69) is 10.2 Å². The zero-order valence-corrected chi connectivity index (χ0v) is 11.3. The molecule has 0 radical (unpaired) electrons. The lowest BCUT2D eigenvalue weighted by Crippen LogP contribution is -2.37. The normalized spacial score (nSPS) is 26.2. The summed E-state index contributed by atoms with van der Waals surface area (Å²) in [5.41, 5.74) is 0.370. The Balaban J connectivity index is 1.81. The minimum atomic E-state index is 0.316. The third-order valence-electron chi connectivity index (χ3n) is 4.35. The lowest BCUT2D eigenvalue weighted by molar-refractivity contribution is -0.132. The summed E-state index contributed by atoms with van der Waals surface area (Å²) in [6.45, 7) is 3.97. The van der Waals surface area contributed by atoms with Crippen LogP contribution >= 0.6 is 0 Å². The average Bonchev–Trinajstić information content (AvgIpc) is 2.99. The Morgan fingerprint density at radius 3 is 2.47 bits per heavy atom. The zero-order valence-electron chi connectivity index (χ0n) is 11.3. The molecule has 1 amide bonds. The van der Waals surface area contributed by atoms with Crippen molar-refractivity contribution in [2.45, 2.75) is 19.3 Å². The van der Waals surface area contributed by atoms with E-state index in [0.29, 0.717) is 17.2 Å². The van der Waals surface area contributed by atoms with Gasteiger partial charge in [0, 0.05) is 26.1 Å². The summed E-state index contributed by atoms with van der Waals surface area (Å²) in [6, 6.07) is 0. The second-order valence-electron chi connectivity index (χ2n) is 5.93. The zero-order chi connectivity index (χ0) is 12.5. The summed E-state index contributed by atoms with van der Waals surface area (Å²) in [7, 11) is 6.03. The first-order valence-electron chi connectivity index (χ1n) is 6.66. The van der Waals surface area contributed by atoms with Gasteiger partial charge in [-0.2, -0.15) is 0 Å². The molecule has 1 spiro atoms. The molecule has 1 saturated heterocycles. The van der Waals surface area contributed by atoms with Crippen LogP contribution in [0.25, 0.3) is 0 Å². The first-order chi connectivity index (χ1) is 8.05. The van der Waals surface area contributed by atoms with E-state index in [1.165, 1.54) is 12.8 Å². The first kappa shape index (κ1) is 12.8. The molecule has 0 aromatic carbocycles. The van der Waals surface area contributed by atoms with E-state index in [1.807, 2.05) is 26.0 Å². The predicted molar refractivity (Wildman–Crippen MR) is 68.8 cm³/mol. The molecule has 0 bridgehead atoms. The smallest absolute Gasteiger partial charge is 0.226 e. The Hall–Kier alpha value is -0.610. The largest absolute Gasteiger partial charge is 0.344 e. The van der Waals surface area contributed by atoms with Crippen molar-refractivity contribution in [2.24, 2.45) is 11.3 Å². The van der Waals surface area contributed by atoms with Crippen LogP contribution in [0.1, 0.15) is 19.3 Å². The summed E-state index contributed by atoms with van der Waals surface area (Å²) in [6.07, 6.45) is 3.50. The van der Waals surface area contributed by atoms with Crippen molar-refractivity contribution in [3.05, 3.63) is 0 Å². The van der Waals surface area contributed by atoms with Gasteiger partial charge >= 0.3 is 0 Å². The molecule has 1 heterocycles. The number of carbonyl (C=O) groups is 1. The lowest BCUT2D eigenvalue weighted by atomic mass is 9.91. The fourth-order valence-corrected chi connectivity index (χ4v) is 2.90. The molecular formula is C13H25N3O. The molecule has 1 aliphatic heterocycles. The summed E-state index contributed by atoms with van der Waals surface area (Å²) in [4.78, 5) is 16.3. The molecule has 1 atom stereocenters. The Kier molecular flexibility index (Phi) is 3.73. The maximum atomic E-state index is 12.3. The van der Waals surface area contributed by atoms with E-state index >= 15 is 0 Å². The molecular weight excluding hydrogens is 214 g/mol. The van der Waals surface area contributed by atoms with Crippen molar-refractivity contribution in [3.8, 4) is 0 Å². The van der Waals surface area contributed by atoms with Crippen LogP contribution in [0.15, 0.2) is 0 Å². The molecule has 4 heteroatoms. The van der Waals surface area contributed by atoms with Gasteiger partial charge in [0.25, 0.3) is 0 Å². The second kappa shape index (κ2) is 4.94. The van der Waals surface area contributed by atoms with Crippen LogP contribution < -0.4 is 5.32 Å². The standard InChI is InChI=1S/C13H25N3O/c1-15(2)8-9-16(3)12(17)11-10-13(11)4-6-14-7-5-13/h11,14H,4-10H2,1-3H3. The van der Waals surface area contributed by atoms with Gasteiger partial charge in [-0.15, -0.1) is 0 Å². The van der Waals surface area contributed by atoms with Gasteiger partial charge in [0.2, 0.25) is 5.91 Å². The van der Waals surface area contributed by atoms with Crippen LogP contribution in [0.4, 0.5) is 0 Å². The number of carbonyl (C=O) groups excluding carboxylic acids is 1. The molecule has 0 aromatic rings. The number of amides is 1. The lowest BCUT2D eigenvalue weighted by Gasteiger charge is -2.25. The monoisotopic (exact) mass is 239 g/mol. The molecule has 2 aliphatic rings. The fraction of sp³-hybridized carbons (Fsp3) is 0.923. The molecule has 2 fully saturated rings. The molecule has 1 N–H and O–H groups in total. The highest BCUT2D eigenvalue weighted by atomic mass is 16.2. The van der Waals surface area contributed by atoms with Crippen LogP contribution in [-0.4, -0.2) is 63.0 Å². The SMILES string of the molecule is CN(C)CCN(C)C(=O)C1CC12CCNCC2. The molecule has 1 unspecified atom stereocenters. The number of nitrogens with one attached hydrogen (secondary N) is 1. The van der Waals surface area contributed by atoms with Gasteiger partial charge in [-0.25, -0.2) is 0 Å². The van der Waals surface area contributed by atoms with E-state index in [-0.39, 0.29) is 0 Å². The highest BCUT2D eigenvalue weighted by Gasteiger charge is 2.58. The van der Waals surface area contributed by atoms with Gasteiger partial charge in [0.05, 0.1) is 0 Å². The van der Waals surface area contributed by atoms with Gasteiger partial charge in [0.15, 0.2) is 0 Å². The number of rotatable bonds is 4. The molecule has 0 aromatic heterocycles. The number of likely N-dealkylation sites (N-methyl/N-ethyl adjacent to an activating group) is 2. The van der Waals surface area contributed by atoms with Crippen LogP contribution in [0.5, 0.6) is 0 Å². The van der Waals surface area contributed by atoms with Gasteiger partial charge in [-0.05, 0) is 51.9 Å². The quantitative estimate of drug-likeness (QED) is 0.771. The number of hydrogen-bond donors (Lipinski definition) is 1. The molecule has 2 rings (SSSR count). The third kappa shape index (κ3) is 2.80. The first-order valence-corrected chi connectivity index (χ1v) is 6.66. The van der Waals surface area contributed by atoms with E-state index in [1.54, 1.807) is 0 Å². The molecule has 98 valence electrons. The maximum Gasteiger partial charge on any atom is 0.226 e. The van der Waals surface area contributed by atoms with Crippen molar-refractivity contribution in [3.63, 3.8) is 0 Å². The number of hydrogen-bond acceptors (Lipinski definition) is 3. The van der Waals surface area contributed by atoms with Crippen LogP contribution in [0.2, 0.25) is 0 Å². The van der Waals surface area contributed by atoms with Crippen LogP contribution in [0, 0.1) is 11.3 Å². The van der Waals surface area contributed by atoms with Crippen LogP contribution in [0.3, 0.4) is 0 Å². The van der Waals surface area contributed by atoms with E-state index < -0.39 is 0 Å². The molecule has 1 saturated carbocycles. The predicted octanol–water partition coefficient (Wildman–Crippen LogP) is 0.396. The summed E-state index contributed by atoms with van der Waals surface area (Å²) < 4.78 is 0.